The minimum absolute atomic E-state index is 0.0751. The van der Waals surface area contributed by atoms with Crippen molar-refractivity contribution in [3.8, 4) is 17.6 Å². The van der Waals surface area contributed by atoms with Gasteiger partial charge >= 0.3 is 0 Å². The van der Waals surface area contributed by atoms with Crippen LogP contribution in [0.2, 0.25) is 0 Å². The Labute approximate surface area is 160 Å². The van der Waals surface area contributed by atoms with E-state index in [1.807, 2.05) is 6.07 Å². The third kappa shape index (κ3) is 5.11. The molecule has 0 radical (unpaired) electrons. The molecule has 0 aliphatic heterocycles. The highest BCUT2D eigenvalue weighted by molar-refractivity contribution is 7.95. The maximum Gasteiger partial charge on any atom is 0.216 e. The molecule has 6 heteroatoms. The SMILES string of the molecule is CCCCCOc1c(C=C(C#N)S(=O)(=O)c2ccccc2)cccc1OC. The van der Waals surface area contributed by atoms with E-state index in [4.69, 9.17) is 9.47 Å². The van der Waals surface area contributed by atoms with Gasteiger partial charge in [-0.15, -0.1) is 0 Å². The van der Waals surface area contributed by atoms with Gasteiger partial charge in [-0.2, -0.15) is 5.26 Å². The van der Waals surface area contributed by atoms with Gasteiger partial charge in [-0.25, -0.2) is 8.42 Å². The summed E-state index contributed by atoms with van der Waals surface area (Å²) < 4.78 is 36.7. The van der Waals surface area contributed by atoms with Gasteiger partial charge in [-0.3, -0.25) is 0 Å². The van der Waals surface area contributed by atoms with Crippen LogP contribution >= 0.6 is 0 Å². The van der Waals surface area contributed by atoms with Crippen LogP contribution in [0.4, 0.5) is 0 Å². The average Bonchev–Trinajstić information content (AvgIpc) is 2.70. The molecule has 0 aliphatic rings. The van der Waals surface area contributed by atoms with Crippen molar-refractivity contribution in [2.75, 3.05) is 13.7 Å². The molecule has 0 unspecified atom stereocenters. The van der Waals surface area contributed by atoms with Gasteiger partial charge in [0.25, 0.3) is 0 Å². The van der Waals surface area contributed by atoms with E-state index in [-0.39, 0.29) is 9.80 Å². The second-order valence-electron chi connectivity index (χ2n) is 5.87. The summed E-state index contributed by atoms with van der Waals surface area (Å²) in [6.45, 7) is 2.59. The molecular weight excluding hydrogens is 362 g/mol. The molecule has 2 aromatic rings. The summed E-state index contributed by atoms with van der Waals surface area (Å²) in [6.07, 6.45) is 4.31. The Morgan fingerprint density at radius 2 is 1.85 bits per heavy atom. The summed E-state index contributed by atoms with van der Waals surface area (Å²) in [5, 5.41) is 9.48. The predicted molar refractivity (Wildman–Crippen MR) is 105 cm³/mol. The van der Waals surface area contributed by atoms with E-state index >= 15 is 0 Å². The highest BCUT2D eigenvalue weighted by Crippen LogP contribution is 2.34. The van der Waals surface area contributed by atoms with Gasteiger partial charge in [0.15, 0.2) is 11.5 Å². The van der Waals surface area contributed by atoms with Crippen LogP contribution in [0, 0.1) is 11.3 Å². The minimum atomic E-state index is -3.91. The maximum atomic E-state index is 12.8. The fraction of sp³-hybridized carbons (Fsp3) is 0.286. The van der Waals surface area contributed by atoms with Crippen molar-refractivity contribution in [2.45, 2.75) is 31.1 Å². The average molecular weight is 385 g/mol. The van der Waals surface area contributed by atoms with Crippen molar-refractivity contribution in [1.29, 1.82) is 5.26 Å². The van der Waals surface area contributed by atoms with E-state index in [9.17, 15) is 13.7 Å². The highest BCUT2D eigenvalue weighted by atomic mass is 32.2. The number of nitriles is 1. The zero-order valence-corrected chi connectivity index (χ0v) is 16.3. The van der Waals surface area contributed by atoms with Crippen LogP contribution < -0.4 is 9.47 Å². The topological polar surface area (TPSA) is 76.4 Å². The van der Waals surface area contributed by atoms with Crippen LogP contribution in [0.5, 0.6) is 11.5 Å². The molecule has 0 aromatic heterocycles. The molecule has 142 valence electrons. The lowest BCUT2D eigenvalue weighted by molar-refractivity contribution is 0.285. The normalized spacial score (nSPS) is 11.7. The monoisotopic (exact) mass is 385 g/mol. The molecule has 0 saturated heterocycles. The zero-order chi connectivity index (χ0) is 19.7. The Balaban J connectivity index is 2.45. The molecule has 2 rings (SSSR count). The summed E-state index contributed by atoms with van der Waals surface area (Å²) in [5.41, 5.74) is 0.488. The number of hydrogen-bond donors (Lipinski definition) is 0. The van der Waals surface area contributed by atoms with E-state index < -0.39 is 9.84 Å². The Bertz CT molecular complexity index is 928. The van der Waals surface area contributed by atoms with Crippen LogP contribution in [0.25, 0.3) is 6.08 Å². The standard InChI is InChI=1S/C21H23NO4S/c1-3-4-8-14-26-21-17(10-9-13-20(21)25-2)15-19(16-22)27(23,24)18-11-6-5-7-12-18/h5-7,9-13,15H,3-4,8,14H2,1-2H3. The molecular formula is C21H23NO4S. The first kappa shape index (κ1) is 20.5. The molecule has 0 amide bonds. The second kappa shape index (κ2) is 9.79. The number of benzene rings is 2. The zero-order valence-electron chi connectivity index (χ0n) is 15.5. The van der Waals surface area contributed by atoms with Gasteiger partial charge in [0, 0.05) is 5.56 Å². The van der Waals surface area contributed by atoms with E-state index in [0.717, 1.165) is 19.3 Å². The number of para-hydroxylation sites is 1. The summed E-state index contributed by atoms with van der Waals surface area (Å²) in [7, 11) is -2.39. The number of nitrogens with zero attached hydrogens (tertiary/aromatic N) is 1. The number of hydrogen-bond acceptors (Lipinski definition) is 5. The first-order valence-corrected chi connectivity index (χ1v) is 10.2. The summed E-state index contributed by atoms with van der Waals surface area (Å²) in [4.78, 5) is -0.272. The molecule has 27 heavy (non-hydrogen) atoms. The van der Waals surface area contributed by atoms with E-state index in [1.165, 1.54) is 25.3 Å². The number of rotatable bonds is 9. The van der Waals surface area contributed by atoms with Gasteiger partial charge in [-0.1, -0.05) is 50.1 Å². The van der Waals surface area contributed by atoms with Gasteiger partial charge in [0.1, 0.15) is 11.0 Å². The maximum absolute atomic E-state index is 12.8. The Morgan fingerprint density at radius 3 is 2.48 bits per heavy atom. The second-order valence-corrected chi connectivity index (χ2v) is 7.79. The summed E-state index contributed by atoms with van der Waals surface area (Å²) >= 11 is 0. The quantitative estimate of drug-likeness (QED) is 0.466. The fourth-order valence-corrected chi connectivity index (χ4v) is 3.70. The van der Waals surface area contributed by atoms with Crippen molar-refractivity contribution in [2.24, 2.45) is 0 Å². The largest absolute Gasteiger partial charge is 0.493 e. The molecule has 5 nitrogen and oxygen atoms in total. The first-order chi connectivity index (χ1) is 13.0. The van der Waals surface area contributed by atoms with Gasteiger partial charge in [0.05, 0.1) is 18.6 Å². The van der Waals surface area contributed by atoms with Crippen LogP contribution in [0.3, 0.4) is 0 Å². The number of allylic oxidation sites excluding steroid dienone is 1. The molecule has 0 atom stereocenters. The lowest BCUT2D eigenvalue weighted by Gasteiger charge is -2.13. The molecule has 0 aliphatic carbocycles. The Hall–Kier alpha value is -2.78. The van der Waals surface area contributed by atoms with Crippen LogP contribution in [-0.4, -0.2) is 22.1 Å². The van der Waals surface area contributed by atoms with Gasteiger partial charge in [0.2, 0.25) is 9.84 Å². The summed E-state index contributed by atoms with van der Waals surface area (Å²) in [5.74, 6) is 0.932. The molecule has 0 spiro atoms. The third-order valence-electron chi connectivity index (χ3n) is 3.96. The van der Waals surface area contributed by atoms with E-state index in [2.05, 4.69) is 6.92 Å². The lowest BCUT2D eigenvalue weighted by atomic mass is 10.1. The summed E-state index contributed by atoms with van der Waals surface area (Å²) in [6, 6.07) is 14.9. The molecule has 0 heterocycles. The molecule has 2 aromatic carbocycles. The predicted octanol–water partition coefficient (Wildman–Crippen LogP) is 4.60. The van der Waals surface area contributed by atoms with Crippen LogP contribution in [0.1, 0.15) is 31.7 Å². The minimum Gasteiger partial charge on any atom is -0.493 e. The molecule has 0 N–H and O–H groups in total. The Kier molecular flexibility index (Phi) is 7.44. The number of methoxy groups -OCH3 is 1. The molecule has 0 fully saturated rings. The number of ether oxygens (including phenoxy) is 2. The first-order valence-electron chi connectivity index (χ1n) is 8.76. The van der Waals surface area contributed by atoms with E-state index in [0.29, 0.717) is 23.7 Å². The lowest BCUT2D eigenvalue weighted by Crippen LogP contribution is -2.04. The van der Waals surface area contributed by atoms with Crippen molar-refractivity contribution in [1.82, 2.24) is 0 Å². The van der Waals surface area contributed by atoms with Crippen LogP contribution in [0.15, 0.2) is 58.3 Å². The fourth-order valence-electron chi connectivity index (χ4n) is 2.53. The van der Waals surface area contributed by atoms with Crippen molar-refractivity contribution in [3.63, 3.8) is 0 Å². The van der Waals surface area contributed by atoms with Gasteiger partial charge < -0.3 is 9.47 Å². The third-order valence-corrected chi connectivity index (χ3v) is 5.64. The highest BCUT2D eigenvalue weighted by Gasteiger charge is 2.21. The smallest absolute Gasteiger partial charge is 0.216 e. The molecule has 0 saturated carbocycles. The van der Waals surface area contributed by atoms with Crippen molar-refractivity contribution >= 4 is 15.9 Å². The van der Waals surface area contributed by atoms with Crippen LogP contribution in [-0.2, 0) is 9.84 Å². The molecule has 0 bridgehead atoms. The van der Waals surface area contributed by atoms with Gasteiger partial charge in [-0.05, 0) is 30.7 Å². The number of sulfone groups is 1. The van der Waals surface area contributed by atoms with Crippen molar-refractivity contribution in [3.05, 3.63) is 59.0 Å². The number of unbranched alkanes of at least 4 members (excludes halogenated alkanes) is 2. The Morgan fingerprint density at radius 1 is 1.11 bits per heavy atom. The van der Waals surface area contributed by atoms with E-state index in [1.54, 1.807) is 36.4 Å². The van der Waals surface area contributed by atoms with Crippen molar-refractivity contribution < 1.29 is 17.9 Å².